The van der Waals surface area contributed by atoms with Gasteiger partial charge in [-0.2, -0.15) is 0 Å². The Kier molecular flexibility index (Phi) is 5.56. The quantitative estimate of drug-likeness (QED) is 0.324. The Hall–Kier alpha value is -0.690. The molecule has 0 spiro atoms. The summed E-state index contributed by atoms with van der Waals surface area (Å²) in [7, 11) is 0. The first-order valence-corrected chi connectivity index (χ1v) is 3.88. The molecule has 0 aliphatic heterocycles. The molecule has 0 unspecified atom stereocenters. The molecule has 1 amide bonds. The van der Waals surface area contributed by atoms with E-state index in [2.05, 4.69) is 5.32 Å². The van der Waals surface area contributed by atoms with Crippen molar-refractivity contribution in [3.8, 4) is 0 Å². The molecule has 0 aromatic heterocycles. The van der Waals surface area contributed by atoms with Crippen molar-refractivity contribution >= 4 is 5.91 Å². The molecule has 5 N–H and O–H groups in total. The number of aliphatic hydroxyl groups is 4. The monoisotopic (exact) mass is 193 g/mol. The summed E-state index contributed by atoms with van der Waals surface area (Å²) in [6.45, 7) is 0.466. The number of hydrogen-bond donors (Lipinski definition) is 5. The molecule has 0 radical (unpaired) electrons. The molecule has 0 aliphatic carbocycles. The molecule has 78 valence electrons. The van der Waals surface area contributed by atoms with Gasteiger partial charge in [0.15, 0.2) is 0 Å². The molecule has 0 aromatic carbocycles. The van der Waals surface area contributed by atoms with Gasteiger partial charge in [-0.15, -0.1) is 0 Å². The van der Waals surface area contributed by atoms with Gasteiger partial charge >= 0.3 is 0 Å². The number of amides is 1. The van der Waals surface area contributed by atoms with Gasteiger partial charge in [0.2, 0.25) is 5.91 Å². The number of aliphatic hydroxyl groups excluding tert-OH is 4. The highest BCUT2D eigenvalue weighted by atomic mass is 16.4. The molecule has 0 aliphatic rings. The smallest absolute Gasteiger partial charge is 0.216 e. The molecule has 0 fully saturated rings. The maximum atomic E-state index is 10.4. The van der Waals surface area contributed by atoms with Crippen LogP contribution < -0.4 is 5.32 Å². The van der Waals surface area contributed by atoms with Crippen molar-refractivity contribution in [2.45, 2.75) is 25.2 Å². The standard InChI is InChI=1S/C7H15NO5/c1-4(10)8-2-5(11)7(13)6(12)3-9/h5-7,9,11-13H,2-3H2,1H3,(H,8,10)/t5-,6+,7+/m1/s1. The first kappa shape index (κ1) is 12.3. The molecule has 3 atom stereocenters. The van der Waals surface area contributed by atoms with Crippen molar-refractivity contribution in [3.05, 3.63) is 0 Å². The highest BCUT2D eigenvalue weighted by Gasteiger charge is 2.23. The average Bonchev–Trinajstić information content (AvgIpc) is 2.11. The summed E-state index contributed by atoms with van der Waals surface area (Å²) >= 11 is 0. The molecule has 0 heterocycles. The van der Waals surface area contributed by atoms with Crippen LogP contribution in [0.2, 0.25) is 0 Å². The van der Waals surface area contributed by atoms with Crippen LogP contribution in [0.15, 0.2) is 0 Å². The van der Waals surface area contributed by atoms with Crippen LogP contribution in [0.25, 0.3) is 0 Å². The topological polar surface area (TPSA) is 110 Å². The van der Waals surface area contributed by atoms with E-state index in [4.69, 9.17) is 20.4 Å². The second kappa shape index (κ2) is 5.87. The Morgan fingerprint density at radius 3 is 2.23 bits per heavy atom. The SMILES string of the molecule is CC(=O)NC[C@@H](O)[C@H](O)[C@@H](O)CO. The fraction of sp³-hybridized carbons (Fsp3) is 0.857. The van der Waals surface area contributed by atoms with E-state index in [1.54, 1.807) is 0 Å². The van der Waals surface area contributed by atoms with Gasteiger partial charge in [0.05, 0.1) is 12.7 Å². The molecule has 0 saturated heterocycles. The van der Waals surface area contributed by atoms with Gasteiger partial charge in [-0.25, -0.2) is 0 Å². The Labute approximate surface area is 75.8 Å². The molecule has 6 heteroatoms. The first-order chi connectivity index (χ1) is 5.99. The van der Waals surface area contributed by atoms with Gasteiger partial charge in [0.25, 0.3) is 0 Å². The third-order valence-corrected chi connectivity index (χ3v) is 1.54. The van der Waals surface area contributed by atoms with Gasteiger partial charge < -0.3 is 25.7 Å². The Morgan fingerprint density at radius 2 is 1.85 bits per heavy atom. The first-order valence-electron chi connectivity index (χ1n) is 3.88. The molecule has 0 saturated carbocycles. The van der Waals surface area contributed by atoms with Crippen LogP contribution in [0.5, 0.6) is 0 Å². The van der Waals surface area contributed by atoms with Crippen molar-refractivity contribution in [2.24, 2.45) is 0 Å². The minimum atomic E-state index is -1.46. The lowest BCUT2D eigenvalue weighted by atomic mass is 10.1. The van der Waals surface area contributed by atoms with Gasteiger partial charge in [-0.05, 0) is 0 Å². The number of nitrogens with one attached hydrogen (secondary N) is 1. The van der Waals surface area contributed by atoms with Crippen LogP contribution in [0, 0.1) is 0 Å². The van der Waals surface area contributed by atoms with Crippen LogP contribution in [-0.4, -0.2) is 57.8 Å². The molecule has 0 bridgehead atoms. The van der Waals surface area contributed by atoms with Crippen LogP contribution in [0.1, 0.15) is 6.92 Å². The van der Waals surface area contributed by atoms with E-state index in [-0.39, 0.29) is 12.5 Å². The predicted molar refractivity (Wildman–Crippen MR) is 43.8 cm³/mol. The lowest BCUT2D eigenvalue weighted by Crippen LogP contribution is -2.45. The maximum Gasteiger partial charge on any atom is 0.216 e. The second-order valence-electron chi connectivity index (χ2n) is 2.74. The van der Waals surface area contributed by atoms with Crippen LogP contribution in [0.3, 0.4) is 0 Å². The Morgan fingerprint density at radius 1 is 1.31 bits per heavy atom. The minimum absolute atomic E-state index is 0.159. The third kappa shape index (κ3) is 4.79. The zero-order valence-electron chi connectivity index (χ0n) is 7.34. The van der Waals surface area contributed by atoms with Crippen LogP contribution >= 0.6 is 0 Å². The predicted octanol–water partition coefficient (Wildman–Crippen LogP) is -2.80. The maximum absolute atomic E-state index is 10.4. The summed E-state index contributed by atoms with van der Waals surface area (Å²) in [4.78, 5) is 10.4. The van der Waals surface area contributed by atoms with Crippen molar-refractivity contribution in [1.82, 2.24) is 5.32 Å². The fourth-order valence-electron chi connectivity index (χ4n) is 0.733. The van der Waals surface area contributed by atoms with E-state index in [0.29, 0.717) is 0 Å². The summed E-state index contributed by atoms with van der Waals surface area (Å²) in [6.07, 6.45) is -4.15. The number of carbonyl (C=O) groups is 1. The van der Waals surface area contributed by atoms with E-state index < -0.39 is 24.9 Å². The Balaban J connectivity index is 3.81. The second-order valence-corrected chi connectivity index (χ2v) is 2.74. The van der Waals surface area contributed by atoms with Crippen molar-refractivity contribution in [1.29, 1.82) is 0 Å². The summed E-state index contributed by atoms with van der Waals surface area (Å²) in [5, 5.41) is 37.8. The molecule has 6 nitrogen and oxygen atoms in total. The van der Waals surface area contributed by atoms with Gasteiger partial charge in [0.1, 0.15) is 12.2 Å². The van der Waals surface area contributed by atoms with E-state index in [0.717, 1.165) is 0 Å². The molecular weight excluding hydrogens is 178 g/mol. The highest BCUT2D eigenvalue weighted by molar-refractivity contribution is 5.72. The van der Waals surface area contributed by atoms with Crippen LogP contribution in [0.4, 0.5) is 0 Å². The zero-order valence-corrected chi connectivity index (χ0v) is 7.34. The zero-order chi connectivity index (χ0) is 10.4. The molecular formula is C7H15NO5. The summed E-state index contributed by atoms with van der Waals surface area (Å²) in [5.74, 6) is -0.343. The lowest BCUT2D eigenvalue weighted by molar-refractivity contribution is -0.120. The van der Waals surface area contributed by atoms with E-state index >= 15 is 0 Å². The minimum Gasteiger partial charge on any atom is -0.394 e. The van der Waals surface area contributed by atoms with E-state index in [9.17, 15) is 4.79 Å². The van der Waals surface area contributed by atoms with Gasteiger partial charge in [-0.1, -0.05) is 0 Å². The summed E-state index contributed by atoms with van der Waals surface area (Å²) in [5.41, 5.74) is 0. The number of carbonyl (C=O) groups excluding carboxylic acids is 1. The number of rotatable bonds is 5. The molecule has 0 rings (SSSR count). The lowest BCUT2D eigenvalue weighted by Gasteiger charge is -2.21. The molecule has 13 heavy (non-hydrogen) atoms. The molecule has 0 aromatic rings. The fourth-order valence-corrected chi connectivity index (χ4v) is 0.733. The Bertz CT molecular complexity index is 163. The normalized spacial score (nSPS) is 17.6. The van der Waals surface area contributed by atoms with Crippen LogP contribution in [-0.2, 0) is 4.79 Å². The van der Waals surface area contributed by atoms with Crippen molar-refractivity contribution in [3.63, 3.8) is 0 Å². The van der Waals surface area contributed by atoms with Crippen molar-refractivity contribution < 1.29 is 25.2 Å². The number of hydrogen-bond acceptors (Lipinski definition) is 5. The summed E-state index contributed by atoms with van der Waals surface area (Å²) < 4.78 is 0. The van der Waals surface area contributed by atoms with Gasteiger partial charge in [-0.3, -0.25) is 4.79 Å². The average molecular weight is 193 g/mol. The van der Waals surface area contributed by atoms with Crippen molar-refractivity contribution in [2.75, 3.05) is 13.2 Å². The van der Waals surface area contributed by atoms with E-state index in [1.807, 2.05) is 0 Å². The third-order valence-electron chi connectivity index (χ3n) is 1.54. The van der Waals surface area contributed by atoms with Gasteiger partial charge in [0, 0.05) is 13.5 Å². The highest BCUT2D eigenvalue weighted by Crippen LogP contribution is 1.98. The largest absolute Gasteiger partial charge is 0.394 e. The summed E-state index contributed by atoms with van der Waals surface area (Å²) in [6, 6.07) is 0. The van der Waals surface area contributed by atoms with E-state index in [1.165, 1.54) is 6.92 Å².